The van der Waals surface area contributed by atoms with Gasteiger partial charge < -0.3 is 14.8 Å². The second-order valence-electron chi connectivity index (χ2n) is 4.65. The molecule has 112 valence electrons. The monoisotopic (exact) mass is 305 g/mol. The van der Waals surface area contributed by atoms with E-state index < -0.39 is 0 Å². The van der Waals surface area contributed by atoms with Crippen molar-refractivity contribution in [1.82, 2.24) is 5.32 Å². The number of benzene rings is 2. The molecule has 0 fully saturated rings. The van der Waals surface area contributed by atoms with Crippen LogP contribution < -0.4 is 14.8 Å². The van der Waals surface area contributed by atoms with Crippen molar-refractivity contribution >= 4 is 11.6 Å². The second-order valence-corrected chi connectivity index (χ2v) is 5.06. The second kappa shape index (κ2) is 7.34. The van der Waals surface area contributed by atoms with Crippen LogP contribution in [0.2, 0.25) is 5.02 Å². The molecular weight excluding hydrogens is 286 g/mol. The van der Waals surface area contributed by atoms with Crippen molar-refractivity contribution in [2.75, 3.05) is 20.8 Å². The summed E-state index contributed by atoms with van der Waals surface area (Å²) in [5.41, 5.74) is 3.40. The predicted molar refractivity (Wildman–Crippen MR) is 87.4 cm³/mol. The SMILES string of the molecule is CCNCc1cc(OC)ccc1-c1ccc(Cl)c(OC)c1. The van der Waals surface area contributed by atoms with Gasteiger partial charge in [0, 0.05) is 6.54 Å². The van der Waals surface area contributed by atoms with Crippen molar-refractivity contribution in [2.45, 2.75) is 13.5 Å². The lowest BCUT2D eigenvalue weighted by atomic mass is 9.99. The molecule has 0 saturated carbocycles. The lowest BCUT2D eigenvalue weighted by molar-refractivity contribution is 0.414. The van der Waals surface area contributed by atoms with Gasteiger partial charge in [-0.3, -0.25) is 0 Å². The van der Waals surface area contributed by atoms with Crippen LogP contribution in [0.5, 0.6) is 11.5 Å². The van der Waals surface area contributed by atoms with Crippen LogP contribution in [0.1, 0.15) is 12.5 Å². The van der Waals surface area contributed by atoms with Crippen LogP contribution >= 0.6 is 11.6 Å². The Morgan fingerprint density at radius 2 is 1.86 bits per heavy atom. The predicted octanol–water partition coefficient (Wildman–Crippen LogP) is 4.13. The topological polar surface area (TPSA) is 30.5 Å². The maximum atomic E-state index is 6.10. The summed E-state index contributed by atoms with van der Waals surface area (Å²) in [5, 5.41) is 3.97. The maximum absolute atomic E-state index is 6.10. The molecule has 0 unspecified atom stereocenters. The molecule has 0 spiro atoms. The number of rotatable bonds is 6. The van der Waals surface area contributed by atoms with Crippen molar-refractivity contribution in [1.29, 1.82) is 0 Å². The highest BCUT2D eigenvalue weighted by Crippen LogP contribution is 2.33. The molecule has 2 aromatic carbocycles. The smallest absolute Gasteiger partial charge is 0.138 e. The molecule has 0 amide bonds. The Morgan fingerprint density at radius 3 is 2.52 bits per heavy atom. The Labute approximate surface area is 130 Å². The molecule has 1 N–H and O–H groups in total. The fourth-order valence-electron chi connectivity index (χ4n) is 2.21. The Kier molecular flexibility index (Phi) is 5.48. The minimum absolute atomic E-state index is 0.614. The van der Waals surface area contributed by atoms with E-state index in [0.717, 1.165) is 30.0 Å². The van der Waals surface area contributed by atoms with Gasteiger partial charge in [-0.1, -0.05) is 30.7 Å². The van der Waals surface area contributed by atoms with Crippen LogP contribution in [-0.2, 0) is 6.54 Å². The van der Waals surface area contributed by atoms with Crippen LogP contribution in [-0.4, -0.2) is 20.8 Å². The first kappa shape index (κ1) is 15.7. The highest BCUT2D eigenvalue weighted by Gasteiger charge is 2.09. The standard InChI is InChI=1S/C17H20ClNO2/c1-4-19-11-13-9-14(20-2)6-7-15(13)12-5-8-16(18)17(10-12)21-3/h5-10,19H,4,11H2,1-3H3. The van der Waals surface area contributed by atoms with Crippen LogP contribution in [0, 0.1) is 0 Å². The first-order valence-corrected chi connectivity index (χ1v) is 7.29. The van der Waals surface area contributed by atoms with Gasteiger partial charge >= 0.3 is 0 Å². The van der Waals surface area contributed by atoms with Crippen molar-refractivity contribution < 1.29 is 9.47 Å². The highest BCUT2D eigenvalue weighted by atomic mass is 35.5. The summed E-state index contributed by atoms with van der Waals surface area (Å²) in [6.07, 6.45) is 0. The molecule has 0 aliphatic heterocycles. The van der Waals surface area contributed by atoms with Gasteiger partial charge in [-0.25, -0.2) is 0 Å². The molecule has 0 saturated heterocycles. The van der Waals surface area contributed by atoms with Crippen molar-refractivity contribution in [2.24, 2.45) is 0 Å². The van der Waals surface area contributed by atoms with E-state index in [1.165, 1.54) is 5.56 Å². The molecule has 3 nitrogen and oxygen atoms in total. The minimum atomic E-state index is 0.614. The van der Waals surface area contributed by atoms with Gasteiger partial charge in [-0.2, -0.15) is 0 Å². The minimum Gasteiger partial charge on any atom is -0.497 e. The zero-order valence-electron chi connectivity index (χ0n) is 12.6. The van der Waals surface area contributed by atoms with Gasteiger partial charge in [-0.15, -0.1) is 0 Å². The molecule has 0 aromatic heterocycles. The van der Waals surface area contributed by atoms with Crippen LogP contribution in [0.4, 0.5) is 0 Å². The van der Waals surface area contributed by atoms with Gasteiger partial charge in [0.1, 0.15) is 11.5 Å². The molecule has 0 atom stereocenters. The largest absolute Gasteiger partial charge is 0.497 e. The van der Waals surface area contributed by atoms with E-state index in [-0.39, 0.29) is 0 Å². The number of hydrogen-bond donors (Lipinski definition) is 1. The number of nitrogens with one attached hydrogen (secondary N) is 1. The Hall–Kier alpha value is -1.71. The summed E-state index contributed by atoms with van der Waals surface area (Å²) in [7, 11) is 3.30. The van der Waals surface area contributed by atoms with Gasteiger partial charge in [-0.05, 0) is 47.5 Å². The summed E-state index contributed by atoms with van der Waals surface area (Å²) in [4.78, 5) is 0. The summed E-state index contributed by atoms with van der Waals surface area (Å²) in [6.45, 7) is 3.79. The number of methoxy groups -OCH3 is 2. The Balaban J connectivity index is 2.46. The average molecular weight is 306 g/mol. The summed E-state index contributed by atoms with van der Waals surface area (Å²) < 4.78 is 10.6. The fraction of sp³-hybridized carbons (Fsp3) is 0.294. The Morgan fingerprint density at radius 1 is 1.05 bits per heavy atom. The van der Waals surface area contributed by atoms with Gasteiger partial charge in [0.15, 0.2) is 0 Å². The molecule has 0 aliphatic carbocycles. The molecule has 21 heavy (non-hydrogen) atoms. The molecule has 0 heterocycles. The summed E-state index contributed by atoms with van der Waals surface area (Å²) in [5.74, 6) is 1.53. The number of hydrogen-bond acceptors (Lipinski definition) is 3. The highest BCUT2D eigenvalue weighted by molar-refractivity contribution is 6.32. The molecule has 0 radical (unpaired) electrons. The van der Waals surface area contributed by atoms with E-state index in [9.17, 15) is 0 Å². The van der Waals surface area contributed by atoms with E-state index in [4.69, 9.17) is 21.1 Å². The number of ether oxygens (including phenoxy) is 2. The number of halogens is 1. The van der Waals surface area contributed by atoms with Gasteiger partial charge in [0.25, 0.3) is 0 Å². The quantitative estimate of drug-likeness (QED) is 0.870. The first-order chi connectivity index (χ1) is 10.2. The molecule has 0 bridgehead atoms. The summed E-state index contributed by atoms with van der Waals surface area (Å²) in [6, 6.07) is 11.9. The van der Waals surface area contributed by atoms with Crippen molar-refractivity contribution in [3.8, 4) is 22.6 Å². The zero-order valence-corrected chi connectivity index (χ0v) is 13.3. The molecular formula is C17H20ClNO2. The van der Waals surface area contributed by atoms with Crippen molar-refractivity contribution in [3.63, 3.8) is 0 Å². The Bertz CT molecular complexity index is 614. The maximum Gasteiger partial charge on any atom is 0.138 e. The van der Waals surface area contributed by atoms with E-state index in [1.807, 2.05) is 24.3 Å². The van der Waals surface area contributed by atoms with E-state index in [0.29, 0.717) is 10.8 Å². The van der Waals surface area contributed by atoms with Crippen LogP contribution in [0.15, 0.2) is 36.4 Å². The molecule has 0 aliphatic rings. The van der Waals surface area contributed by atoms with E-state index in [1.54, 1.807) is 14.2 Å². The lowest BCUT2D eigenvalue weighted by Crippen LogP contribution is -2.12. The van der Waals surface area contributed by atoms with Crippen molar-refractivity contribution in [3.05, 3.63) is 47.0 Å². The average Bonchev–Trinajstić information content (AvgIpc) is 2.53. The van der Waals surface area contributed by atoms with Crippen LogP contribution in [0.25, 0.3) is 11.1 Å². The van der Waals surface area contributed by atoms with Crippen LogP contribution in [0.3, 0.4) is 0 Å². The molecule has 2 aromatic rings. The third kappa shape index (κ3) is 3.69. The third-order valence-electron chi connectivity index (χ3n) is 3.34. The summed E-state index contributed by atoms with van der Waals surface area (Å²) >= 11 is 6.10. The fourth-order valence-corrected chi connectivity index (χ4v) is 2.41. The van der Waals surface area contributed by atoms with E-state index >= 15 is 0 Å². The van der Waals surface area contributed by atoms with Gasteiger partial charge in [0.2, 0.25) is 0 Å². The normalized spacial score (nSPS) is 10.5. The third-order valence-corrected chi connectivity index (χ3v) is 3.65. The van der Waals surface area contributed by atoms with E-state index in [2.05, 4.69) is 24.4 Å². The zero-order chi connectivity index (χ0) is 15.2. The lowest BCUT2D eigenvalue weighted by Gasteiger charge is -2.13. The molecule has 4 heteroatoms. The first-order valence-electron chi connectivity index (χ1n) is 6.91. The van der Waals surface area contributed by atoms with Gasteiger partial charge in [0.05, 0.1) is 19.2 Å². The molecule has 2 rings (SSSR count).